The first kappa shape index (κ1) is 23.7. The SMILES string of the molecule is CC.CC.CC(C)(C)OC(=O)N1CCCC1.Cc1nc[nH]c1C. The standard InChI is InChI=1S/C9H17NO2.C5H8N2.2C2H6/c1-9(2,3)12-8(11)10-6-4-5-7-10;1-4-5(2)7-3-6-4;2*1-2/h4-7H2,1-3H3;3H,1-2H3,(H,6,7);2*1-2H3. The number of nitrogens with one attached hydrogen (secondary N) is 1. The summed E-state index contributed by atoms with van der Waals surface area (Å²) in [7, 11) is 0. The number of imidazole rings is 1. The highest BCUT2D eigenvalue weighted by Gasteiger charge is 2.23. The van der Waals surface area contributed by atoms with Gasteiger partial charge in [0.1, 0.15) is 5.60 Å². The number of hydrogen-bond acceptors (Lipinski definition) is 3. The first-order chi connectivity index (χ1) is 10.8. The summed E-state index contributed by atoms with van der Waals surface area (Å²) in [6, 6.07) is 0. The molecule has 5 heteroatoms. The molecule has 0 unspecified atom stereocenters. The zero-order valence-corrected chi connectivity index (χ0v) is 16.6. The number of hydrogen-bond donors (Lipinski definition) is 1. The maximum absolute atomic E-state index is 11.4. The van der Waals surface area contributed by atoms with Crippen LogP contribution in [0.25, 0.3) is 0 Å². The number of ether oxygens (including phenoxy) is 1. The molecule has 1 amide bonds. The van der Waals surface area contributed by atoms with Crippen LogP contribution in [0.4, 0.5) is 4.79 Å². The minimum Gasteiger partial charge on any atom is -0.444 e. The van der Waals surface area contributed by atoms with Crippen LogP contribution in [0.2, 0.25) is 0 Å². The number of rotatable bonds is 0. The van der Waals surface area contributed by atoms with E-state index in [0.717, 1.165) is 37.3 Å². The fraction of sp³-hybridized carbons (Fsp3) is 0.778. The van der Waals surface area contributed by atoms with Crippen molar-refractivity contribution < 1.29 is 9.53 Å². The van der Waals surface area contributed by atoms with Crippen molar-refractivity contribution in [2.24, 2.45) is 0 Å². The van der Waals surface area contributed by atoms with E-state index in [2.05, 4.69) is 9.97 Å². The number of likely N-dealkylation sites (tertiary alicyclic amines) is 1. The van der Waals surface area contributed by atoms with E-state index in [9.17, 15) is 4.79 Å². The molecule has 1 aromatic rings. The molecule has 2 heterocycles. The van der Waals surface area contributed by atoms with Gasteiger partial charge in [-0.15, -0.1) is 0 Å². The van der Waals surface area contributed by atoms with Crippen molar-refractivity contribution in [3.8, 4) is 0 Å². The van der Waals surface area contributed by atoms with E-state index in [0.29, 0.717) is 0 Å². The number of H-pyrrole nitrogens is 1. The van der Waals surface area contributed by atoms with Crippen LogP contribution in [0.5, 0.6) is 0 Å². The highest BCUT2D eigenvalue weighted by Crippen LogP contribution is 2.14. The number of nitrogens with zero attached hydrogens (tertiary/aromatic N) is 2. The molecule has 5 nitrogen and oxygen atoms in total. The van der Waals surface area contributed by atoms with E-state index >= 15 is 0 Å². The summed E-state index contributed by atoms with van der Waals surface area (Å²) in [5.41, 5.74) is 1.87. The lowest BCUT2D eigenvalue weighted by Crippen LogP contribution is -2.34. The van der Waals surface area contributed by atoms with E-state index in [1.807, 2.05) is 62.3 Å². The molecule has 0 spiro atoms. The number of aromatic nitrogens is 2. The summed E-state index contributed by atoms with van der Waals surface area (Å²) in [4.78, 5) is 20.1. The van der Waals surface area contributed by atoms with Crippen molar-refractivity contribution >= 4 is 6.09 Å². The number of aromatic amines is 1. The van der Waals surface area contributed by atoms with Crippen LogP contribution >= 0.6 is 0 Å². The first-order valence-electron chi connectivity index (χ1n) is 8.74. The summed E-state index contributed by atoms with van der Waals surface area (Å²) in [6.07, 6.45) is 3.75. The van der Waals surface area contributed by atoms with Crippen molar-refractivity contribution in [2.75, 3.05) is 13.1 Å². The Balaban J connectivity index is 0. The van der Waals surface area contributed by atoms with Crippen LogP contribution < -0.4 is 0 Å². The van der Waals surface area contributed by atoms with E-state index in [-0.39, 0.29) is 11.7 Å². The summed E-state index contributed by atoms with van der Waals surface area (Å²) in [5.74, 6) is 0. The summed E-state index contributed by atoms with van der Waals surface area (Å²) in [5, 5.41) is 0. The Kier molecular flexibility index (Phi) is 13.4. The largest absolute Gasteiger partial charge is 0.444 e. The Hall–Kier alpha value is -1.52. The predicted molar refractivity (Wildman–Crippen MR) is 97.8 cm³/mol. The minimum atomic E-state index is -0.361. The van der Waals surface area contributed by atoms with Crippen molar-refractivity contribution in [3.05, 3.63) is 17.7 Å². The second-order valence-electron chi connectivity index (χ2n) is 5.79. The second kappa shape index (κ2) is 13.0. The van der Waals surface area contributed by atoms with Crippen LogP contribution in [-0.4, -0.2) is 39.7 Å². The Morgan fingerprint density at radius 2 is 1.61 bits per heavy atom. The summed E-state index contributed by atoms with van der Waals surface area (Å²) < 4.78 is 5.21. The molecule has 0 atom stereocenters. The van der Waals surface area contributed by atoms with Gasteiger partial charge in [-0.1, -0.05) is 27.7 Å². The molecular formula is C18H37N3O2. The quantitative estimate of drug-likeness (QED) is 0.721. The zero-order valence-electron chi connectivity index (χ0n) is 16.6. The molecule has 0 aromatic carbocycles. The van der Waals surface area contributed by atoms with Crippen LogP contribution in [-0.2, 0) is 4.74 Å². The number of aryl methyl sites for hydroxylation is 2. The van der Waals surface area contributed by atoms with Gasteiger partial charge in [-0.25, -0.2) is 9.78 Å². The third-order valence-corrected chi connectivity index (χ3v) is 2.84. The molecule has 1 aromatic heterocycles. The topological polar surface area (TPSA) is 58.2 Å². The Labute approximate surface area is 142 Å². The Morgan fingerprint density at radius 1 is 1.13 bits per heavy atom. The van der Waals surface area contributed by atoms with Gasteiger partial charge in [0.2, 0.25) is 0 Å². The lowest BCUT2D eigenvalue weighted by Gasteiger charge is -2.23. The van der Waals surface area contributed by atoms with Gasteiger partial charge in [-0.2, -0.15) is 0 Å². The molecule has 1 saturated heterocycles. The maximum Gasteiger partial charge on any atom is 0.410 e. The van der Waals surface area contributed by atoms with E-state index in [1.54, 1.807) is 11.2 Å². The normalized spacial score (nSPS) is 12.8. The maximum atomic E-state index is 11.4. The molecule has 1 N–H and O–H groups in total. The summed E-state index contributed by atoms with van der Waals surface area (Å²) in [6.45, 7) is 19.4. The molecule has 1 fully saturated rings. The predicted octanol–water partition coefficient (Wildman–Crippen LogP) is 5.10. The number of carbonyl (C=O) groups is 1. The van der Waals surface area contributed by atoms with Crippen molar-refractivity contribution in [3.63, 3.8) is 0 Å². The molecule has 0 saturated carbocycles. The molecular weight excluding hydrogens is 290 g/mol. The van der Waals surface area contributed by atoms with Crippen LogP contribution in [0.1, 0.15) is 72.7 Å². The fourth-order valence-electron chi connectivity index (χ4n) is 1.65. The van der Waals surface area contributed by atoms with Gasteiger partial charge in [0.15, 0.2) is 0 Å². The molecule has 0 bridgehead atoms. The van der Waals surface area contributed by atoms with Crippen molar-refractivity contribution in [1.29, 1.82) is 0 Å². The molecule has 1 aliphatic rings. The monoisotopic (exact) mass is 327 g/mol. The third kappa shape index (κ3) is 11.7. The fourth-order valence-corrected chi connectivity index (χ4v) is 1.65. The zero-order chi connectivity index (χ0) is 18.5. The first-order valence-corrected chi connectivity index (χ1v) is 8.74. The molecule has 0 aliphatic carbocycles. The van der Waals surface area contributed by atoms with Crippen LogP contribution in [0.15, 0.2) is 6.33 Å². The third-order valence-electron chi connectivity index (χ3n) is 2.84. The van der Waals surface area contributed by atoms with Gasteiger partial charge < -0.3 is 14.6 Å². The van der Waals surface area contributed by atoms with Crippen LogP contribution in [0.3, 0.4) is 0 Å². The van der Waals surface area contributed by atoms with E-state index < -0.39 is 0 Å². The molecule has 0 radical (unpaired) electrons. The van der Waals surface area contributed by atoms with Crippen molar-refractivity contribution in [1.82, 2.24) is 14.9 Å². The lowest BCUT2D eigenvalue weighted by molar-refractivity contribution is 0.0295. The summed E-state index contributed by atoms with van der Waals surface area (Å²) >= 11 is 0. The van der Waals surface area contributed by atoms with Crippen LogP contribution in [0, 0.1) is 13.8 Å². The number of carbonyl (C=O) groups excluding carboxylic acids is 1. The highest BCUT2D eigenvalue weighted by molar-refractivity contribution is 5.68. The van der Waals surface area contributed by atoms with Gasteiger partial charge in [0, 0.05) is 18.8 Å². The smallest absolute Gasteiger partial charge is 0.410 e. The van der Waals surface area contributed by atoms with E-state index in [4.69, 9.17) is 4.74 Å². The molecule has 1 aliphatic heterocycles. The number of amides is 1. The molecule has 2 rings (SSSR count). The lowest BCUT2D eigenvalue weighted by atomic mass is 10.2. The molecule has 136 valence electrons. The Morgan fingerprint density at radius 3 is 1.87 bits per heavy atom. The Bertz CT molecular complexity index is 386. The van der Waals surface area contributed by atoms with E-state index in [1.165, 1.54) is 0 Å². The average molecular weight is 328 g/mol. The van der Waals surface area contributed by atoms with Gasteiger partial charge in [-0.3, -0.25) is 0 Å². The van der Waals surface area contributed by atoms with Gasteiger partial charge in [0.25, 0.3) is 0 Å². The van der Waals surface area contributed by atoms with Gasteiger partial charge in [-0.05, 0) is 47.5 Å². The second-order valence-corrected chi connectivity index (χ2v) is 5.79. The van der Waals surface area contributed by atoms with Gasteiger partial charge >= 0.3 is 6.09 Å². The molecule has 23 heavy (non-hydrogen) atoms. The van der Waals surface area contributed by atoms with Crippen molar-refractivity contribution in [2.45, 2.75) is 80.8 Å². The van der Waals surface area contributed by atoms with Gasteiger partial charge in [0.05, 0.1) is 12.0 Å². The average Bonchev–Trinajstić information content (AvgIpc) is 3.15. The highest BCUT2D eigenvalue weighted by atomic mass is 16.6. The minimum absolute atomic E-state index is 0.167.